The molecule has 1 aromatic rings. The van der Waals surface area contributed by atoms with Gasteiger partial charge in [0, 0.05) is 30.1 Å². The fraction of sp³-hybridized carbons (Fsp3) is 0.462. The van der Waals surface area contributed by atoms with E-state index in [0.29, 0.717) is 5.69 Å². The molecular formula is C13H20N2OS. The summed E-state index contributed by atoms with van der Waals surface area (Å²) < 4.78 is 0. The zero-order chi connectivity index (χ0) is 13.0. The van der Waals surface area contributed by atoms with Crippen molar-refractivity contribution in [2.45, 2.75) is 19.9 Å². The SMILES string of the molecule is CSCC(C)N(C)C(=O)c1ccc(N)cc1C. The Bertz CT molecular complexity index is 406. The predicted octanol–water partition coefficient (Wildman–Crippen LogP) is 2.40. The third kappa shape index (κ3) is 3.40. The molecule has 0 spiro atoms. The van der Waals surface area contributed by atoms with E-state index in [9.17, 15) is 4.79 Å². The molecule has 0 heterocycles. The third-order valence-corrected chi connectivity index (χ3v) is 3.69. The van der Waals surface area contributed by atoms with Crippen LogP contribution in [0.4, 0.5) is 5.69 Å². The summed E-state index contributed by atoms with van der Waals surface area (Å²) in [5, 5.41) is 0. The van der Waals surface area contributed by atoms with Gasteiger partial charge in [0.2, 0.25) is 0 Å². The summed E-state index contributed by atoms with van der Waals surface area (Å²) in [7, 11) is 1.85. The van der Waals surface area contributed by atoms with Crippen LogP contribution >= 0.6 is 11.8 Å². The summed E-state index contributed by atoms with van der Waals surface area (Å²) in [5.74, 6) is 1.00. The molecule has 94 valence electrons. The molecule has 0 aliphatic heterocycles. The molecule has 17 heavy (non-hydrogen) atoms. The number of carbonyl (C=O) groups excluding carboxylic acids is 1. The van der Waals surface area contributed by atoms with Gasteiger partial charge >= 0.3 is 0 Å². The predicted molar refractivity (Wildman–Crippen MR) is 75.5 cm³/mol. The monoisotopic (exact) mass is 252 g/mol. The quantitative estimate of drug-likeness (QED) is 0.837. The molecule has 1 rings (SSSR count). The molecule has 3 nitrogen and oxygen atoms in total. The van der Waals surface area contributed by atoms with E-state index in [4.69, 9.17) is 5.73 Å². The van der Waals surface area contributed by atoms with Crippen molar-refractivity contribution in [3.05, 3.63) is 29.3 Å². The molecule has 0 radical (unpaired) electrons. The van der Waals surface area contributed by atoms with Gasteiger partial charge in [-0.2, -0.15) is 11.8 Å². The first kappa shape index (κ1) is 13.9. The Morgan fingerprint density at radius 3 is 2.71 bits per heavy atom. The third-order valence-electron chi connectivity index (χ3n) is 2.87. The van der Waals surface area contributed by atoms with Crippen molar-refractivity contribution < 1.29 is 4.79 Å². The Kier molecular flexibility index (Phi) is 4.87. The van der Waals surface area contributed by atoms with E-state index in [0.717, 1.165) is 16.9 Å². The molecule has 2 N–H and O–H groups in total. The number of hydrogen-bond acceptors (Lipinski definition) is 3. The highest BCUT2D eigenvalue weighted by Gasteiger charge is 2.18. The van der Waals surface area contributed by atoms with Gasteiger partial charge < -0.3 is 10.6 Å². The minimum atomic E-state index is 0.0593. The van der Waals surface area contributed by atoms with Gasteiger partial charge in [-0.3, -0.25) is 4.79 Å². The van der Waals surface area contributed by atoms with Crippen LogP contribution in [0, 0.1) is 6.92 Å². The summed E-state index contributed by atoms with van der Waals surface area (Å²) >= 11 is 1.74. The Morgan fingerprint density at radius 1 is 1.53 bits per heavy atom. The van der Waals surface area contributed by atoms with Crippen molar-refractivity contribution in [2.24, 2.45) is 0 Å². The fourth-order valence-corrected chi connectivity index (χ4v) is 2.38. The number of benzene rings is 1. The highest BCUT2D eigenvalue weighted by atomic mass is 32.2. The van der Waals surface area contributed by atoms with Crippen LogP contribution in [0.25, 0.3) is 0 Å². The smallest absolute Gasteiger partial charge is 0.254 e. The molecule has 0 bridgehead atoms. The van der Waals surface area contributed by atoms with Gasteiger partial charge in [0.25, 0.3) is 5.91 Å². The van der Waals surface area contributed by atoms with E-state index >= 15 is 0 Å². The van der Waals surface area contributed by atoms with Gasteiger partial charge in [-0.15, -0.1) is 0 Å². The normalized spacial score (nSPS) is 12.2. The molecule has 1 atom stereocenters. The molecule has 1 amide bonds. The van der Waals surface area contributed by atoms with E-state index in [-0.39, 0.29) is 11.9 Å². The number of carbonyl (C=O) groups is 1. The first-order valence-electron chi connectivity index (χ1n) is 5.59. The lowest BCUT2D eigenvalue weighted by atomic mass is 10.1. The average molecular weight is 252 g/mol. The molecule has 0 saturated heterocycles. The van der Waals surface area contributed by atoms with Gasteiger partial charge in [0.1, 0.15) is 0 Å². The van der Waals surface area contributed by atoms with Gasteiger partial charge in [-0.25, -0.2) is 0 Å². The first-order chi connectivity index (χ1) is 7.97. The second kappa shape index (κ2) is 5.96. The highest BCUT2D eigenvalue weighted by Crippen LogP contribution is 2.16. The van der Waals surface area contributed by atoms with Crippen LogP contribution in [0.2, 0.25) is 0 Å². The van der Waals surface area contributed by atoms with Gasteiger partial charge in [-0.05, 0) is 43.9 Å². The second-order valence-electron chi connectivity index (χ2n) is 4.29. The van der Waals surface area contributed by atoms with Gasteiger partial charge in [0.05, 0.1) is 0 Å². The number of nitrogen functional groups attached to an aromatic ring is 1. The number of anilines is 1. The molecule has 0 aromatic heterocycles. The molecular weight excluding hydrogens is 232 g/mol. The van der Waals surface area contributed by atoms with E-state index in [2.05, 4.69) is 6.92 Å². The summed E-state index contributed by atoms with van der Waals surface area (Å²) in [6.45, 7) is 3.97. The van der Waals surface area contributed by atoms with Crippen LogP contribution in [-0.2, 0) is 0 Å². The maximum Gasteiger partial charge on any atom is 0.254 e. The number of nitrogens with zero attached hydrogens (tertiary/aromatic N) is 1. The van der Waals surface area contributed by atoms with Crippen LogP contribution in [0.5, 0.6) is 0 Å². The molecule has 0 saturated carbocycles. The number of aryl methyl sites for hydroxylation is 1. The molecule has 4 heteroatoms. The van der Waals surface area contributed by atoms with Gasteiger partial charge in [0.15, 0.2) is 0 Å². The van der Waals surface area contributed by atoms with Crippen molar-refractivity contribution in [3.63, 3.8) is 0 Å². The summed E-state index contributed by atoms with van der Waals surface area (Å²) in [6.07, 6.45) is 2.04. The van der Waals surface area contributed by atoms with E-state index in [1.54, 1.807) is 28.8 Å². The zero-order valence-electron chi connectivity index (χ0n) is 10.9. The maximum atomic E-state index is 12.3. The topological polar surface area (TPSA) is 46.3 Å². The lowest BCUT2D eigenvalue weighted by Gasteiger charge is -2.25. The summed E-state index contributed by atoms with van der Waals surface area (Å²) in [6, 6.07) is 5.64. The van der Waals surface area contributed by atoms with Crippen molar-refractivity contribution >= 4 is 23.4 Å². The number of amides is 1. The minimum Gasteiger partial charge on any atom is -0.399 e. The number of nitrogens with two attached hydrogens (primary N) is 1. The molecule has 1 unspecified atom stereocenters. The molecule has 0 fully saturated rings. The minimum absolute atomic E-state index is 0.0593. The Hall–Kier alpha value is -1.16. The van der Waals surface area contributed by atoms with Crippen molar-refractivity contribution in [1.29, 1.82) is 0 Å². The molecule has 0 aliphatic rings. The second-order valence-corrected chi connectivity index (χ2v) is 5.21. The van der Waals surface area contributed by atoms with Crippen LogP contribution in [0.3, 0.4) is 0 Å². The van der Waals surface area contributed by atoms with Crippen LogP contribution in [-0.4, -0.2) is 35.9 Å². The first-order valence-corrected chi connectivity index (χ1v) is 6.99. The van der Waals surface area contributed by atoms with Crippen LogP contribution in [0.15, 0.2) is 18.2 Å². The Labute approximate surface area is 107 Å². The van der Waals surface area contributed by atoms with Gasteiger partial charge in [-0.1, -0.05) is 0 Å². The summed E-state index contributed by atoms with van der Waals surface area (Å²) in [5.41, 5.74) is 8.04. The zero-order valence-corrected chi connectivity index (χ0v) is 11.7. The summed E-state index contributed by atoms with van der Waals surface area (Å²) in [4.78, 5) is 14.1. The standard InChI is InChI=1S/C13H20N2OS/c1-9-7-11(14)5-6-12(9)13(16)15(3)10(2)8-17-4/h5-7,10H,8,14H2,1-4H3. The van der Waals surface area contributed by atoms with Crippen molar-refractivity contribution in [2.75, 3.05) is 24.8 Å². The lowest BCUT2D eigenvalue weighted by Crippen LogP contribution is -2.36. The van der Waals surface area contributed by atoms with Crippen LogP contribution in [0.1, 0.15) is 22.8 Å². The van der Waals surface area contributed by atoms with Crippen molar-refractivity contribution in [1.82, 2.24) is 4.90 Å². The number of thioether (sulfide) groups is 1. The lowest BCUT2D eigenvalue weighted by molar-refractivity contribution is 0.0757. The Morgan fingerprint density at radius 2 is 2.18 bits per heavy atom. The fourth-order valence-electron chi connectivity index (χ4n) is 1.67. The largest absolute Gasteiger partial charge is 0.399 e. The number of hydrogen-bond donors (Lipinski definition) is 1. The maximum absolute atomic E-state index is 12.3. The number of rotatable bonds is 4. The van der Waals surface area contributed by atoms with E-state index in [1.165, 1.54) is 0 Å². The van der Waals surface area contributed by atoms with Crippen molar-refractivity contribution in [3.8, 4) is 0 Å². The Balaban J connectivity index is 2.88. The van der Waals surface area contributed by atoms with E-state index < -0.39 is 0 Å². The highest BCUT2D eigenvalue weighted by molar-refractivity contribution is 7.98. The van der Waals surface area contributed by atoms with E-state index in [1.807, 2.05) is 26.3 Å². The molecule has 1 aromatic carbocycles. The molecule has 0 aliphatic carbocycles. The van der Waals surface area contributed by atoms with Crippen LogP contribution < -0.4 is 5.73 Å². The average Bonchev–Trinajstić information content (AvgIpc) is 2.27.